The first kappa shape index (κ1) is 21.9. The molecule has 0 spiro atoms. The van der Waals surface area contributed by atoms with Gasteiger partial charge in [0.05, 0.1) is 27.7 Å². The van der Waals surface area contributed by atoms with Crippen molar-refractivity contribution in [3.8, 4) is 16.5 Å². The zero-order valence-electron chi connectivity index (χ0n) is 17.2. The number of thiophene rings is 1. The minimum Gasteiger partial charge on any atom is -0.493 e. The fourth-order valence-electron chi connectivity index (χ4n) is 3.19. The molecule has 10 nitrogen and oxygen atoms in total. The lowest BCUT2D eigenvalue weighted by Crippen LogP contribution is -2.33. The molecule has 0 aliphatic heterocycles. The van der Waals surface area contributed by atoms with Crippen LogP contribution < -0.4 is 21.7 Å². The number of hydrogen-bond donors (Lipinski definition) is 4. The van der Waals surface area contributed by atoms with Crippen LogP contribution in [0.15, 0.2) is 34.2 Å². The van der Waals surface area contributed by atoms with Gasteiger partial charge in [-0.2, -0.15) is 22.8 Å². The van der Waals surface area contributed by atoms with E-state index in [1.165, 1.54) is 22.9 Å². The Bertz CT molecular complexity index is 1580. The molecule has 5 rings (SSSR count). The summed E-state index contributed by atoms with van der Waals surface area (Å²) in [7, 11) is 0. The molecule has 4 N–H and O–H groups in total. The van der Waals surface area contributed by atoms with Crippen LogP contribution in [0.25, 0.3) is 22.3 Å². The molecule has 0 bridgehead atoms. The largest absolute Gasteiger partial charge is 0.493 e. The number of aromatic amines is 2. The van der Waals surface area contributed by atoms with E-state index in [1.807, 2.05) is 5.32 Å². The van der Waals surface area contributed by atoms with Crippen LogP contribution in [-0.2, 0) is 0 Å². The van der Waals surface area contributed by atoms with Crippen LogP contribution in [0.4, 0.5) is 13.2 Å². The molecule has 1 fully saturated rings. The lowest BCUT2D eigenvalue weighted by Gasteiger charge is -2.06. The van der Waals surface area contributed by atoms with Crippen molar-refractivity contribution < 1.29 is 23.1 Å². The maximum absolute atomic E-state index is 12.4. The Hall–Kier alpha value is -3.94. The van der Waals surface area contributed by atoms with E-state index >= 15 is 0 Å². The van der Waals surface area contributed by atoms with Gasteiger partial charge < -0.3 is 15.4 Å². The Balaban J connectivity index is 1.58. The molecule has 14 heteroatoms. The molecule has 1 aliphatic carbocycles. The molecule has 1 amide bonds. The van der Waals surface area contributed by atoms with Gasteiger partial charge in [0.1, 0.15) is 12.2 Å². The van der Waals surface area contributed by atoms with E-state index in [0.717, 1.165) is 24.2 Å². The highest BCUT2D eigenvalue weighted by Crippen LogP contribution is 2.27. The number of carbonyl (C=O) groups is 1. The highest BCUT2D eigenvalue weighted by Gasteiger charge is 2.28. The molecule has 0 radical (unpaired) electrons. The number of aromatic hydroxyl groups is 1. The summed E-state index contributed by atoms with van der Waals surface area (Å²) in [5, 5.41) is 16.5. The molecular weight excluding hydrogens is 475 g/mol. The maximum Gasteiger partial charge on any atom is 0.405 e. The highest BCUT2D eigenvalue weighted by atomic mass is 32.1. The third-order valence-corrected chi connectivity index (χ3v) is 6.02. The van der Waals surface area contributed by atoms with Crippen LogP contribution in [0.3, 0.4) is 0 Å². The number of alkyl halides is 3. The van der Waals surface area contributed by atoms with Crippen molar-refractivity contribution in [3.63, 3.8) is 0 Å². The van der Waals surface area contributed by atoms with Crippen molar-refractivity contribution in [2.24, 2.45) is 4.99 Å². The van der Waals surface area contributed by atoms with Gasteiger partial charge in [0, 0.05) is 11.3 Å². The summed E-state index contributed by atoms with van der Waals surface area (Å²) in [5.41, 5.74) is 0.926. The standard InChI is InChI=1S/C20H16F3N7O3S/c21-20(22,23)8-24-18(32)14-4-3-13(34-14)11-6-15(26-10-1-2-10)30-16(27-11)9(7-25-30)5-12-17(31)29-19(33)28-12/h3-7,10,31H,1-2,8H2,(H,24,32)(H2,28,29,33)/b9-5+,26-15?. The Kier molecular flexibility index (Phi) is 5.23. The second-order valence-corrected chi connectivity index (χ2v) is 8.73. The lowest BCUT2D eigenvalue weighted by molar-refractivity contribution is -0.123. The third kappa shape index (κ3) is 4.57. The number of aromatic nitrogens is 5. The van der Waals surface area contributed by atoms with Gasteiger partial charge in [0.25, 0.3) is 5.91 Å². The summed E-state index contributed by atoms with van der Waals surface area (Å²) < 4.78 is 38.8. The molecule has 0 atom stereocenters. The van der Waals surface area contributed by atoms with E-state index in [-0.39, 0.29) is 22.5 Å². The predicted molar refractivity (Wildman–Crippen MR) is 115 cm³/mol. The number of hydrogen-bond acceptors (Lipinski definition) is 7. The Morgan fingerprint density at radius 3 is 2.82 bits per heavy atom. The van der Waals surface area contributed by atoms with Crippen LogP contribution in [0.2, 0.25) is 0 Å². The molecule has 4 aromatic heterocycles. The summed E-state index contributed by atoms with van der Waals surface area (Å²) in [4.78, 5) is 38.2. The van der Waals surface area contributed by atoms with Crippen LogP contribution >= 0.6 is 11.3 Å². The van der Waals surface area contributed by atoms with Crippen molar-refractivity contribution >= 4 is 29.0 Å². The number of carbonyl (C=O) groups excluding carboxylic acids is 1. The summed E-state index contributed by atoms with van der Waals surface area (Å²) in [6.45, 7) is -1.42. The van der Waals surface area contributed by atoms with Gasteiger partial charge in [-0.05, 0) is 31.1 Å². The van der Waals surface area contributed by atoms with Crippen molar-refractivity contribution in [2.75, 3.05) is 6.54 Å². The van der Waals surface area contributed by atoms with Crippen molar-refractivity contribution in [2.45, 2.75) is 25.1 Å². The van der Waals surface area contributed by atoms with Gasteiger partial charge in [-0.1, -0.05) is 0 Å². The van der Waals surface area contributed by atoms with Crippen LogP contribution in [0.5, 0.6) is 5.88 Å². The molecule has 0 saturated heterocycles. The van der Waals surface area contributed by atoms with Gasteiger partial charge in [-0.25, -0.2) is 9.78 Å². The lowest BCUT2D eigenvalue weighted by atomic mass is 10.3. The molecule has 176 valence electrons. The number of nitrogens with zero attached hydrogens (tertiary/aromatic N) is 4. The molecule has 34 heavy (non-hydrogen) atoms. The zero-order chi connectivity index (χ0) is 24.0. The summed E-state index contributed by atoms with van der Waals surface area (Å²) in [6, 6.07) is 4.89. The van der Waals surface area contributed by atoms with E-state index in [0.29, 0.717) is 26.9 Å². The highest BCUT2D eigenvalue weighted by molar-refractivity contribution is 7.17. The van der Waals surface area contributed by atoms with Crippen LogP contribution in [0, 0.1) is 0 Å². The van der Waals surface area contributed by atoms with Crippen molar-refractivity contribution in [1.82, 2.24) is 29.9 Å². The number of amides is 1. The van der Waals surface area contributed by atoms with Gasteiger partial charge in [0.2, 0.25) is 5.88 Å². The Morgan fingerprint density at radius 1 is 1.35 bits per heavy atom. The first-order chi connectivity index (χ1) is 16.2. The predicted octanol–water partition coefficient (Wildman–Crippen LogP) is 1.08. The maximum atomic E-state index is 12.4. The molecule has 0 aromatic carbocycles. The minimum atomic E-state index is -4.51. The van der Waals surface area contributed by atoms with E-state index in [9.17, 15) is 27.9 Å². The van der Waals surface area contributed by atoms with E-state index in [4.69, 9.17) is 0 Å². The zero-order valence-corrected chi connectivity index (χ0v) is 18.0. The number of halogens is 3. The van der Waals surface area contributed by atoms with E-state index < -0.39 is 24.3 Å². The molecule has 4 aromatic rings. The Labute approximate surface area is 191 Å². The summed E-state index contributed by atoms with van der Waals surface area (Å²) >= 11 is 0.999. The molecule has 4 heterocycles. The molecule has 1 aliphatic rings. The van der Waals surface area contributed by atoms with Gasteiger partial charge in [-0.3, -0.25) is 14.8 Å². The van der Waals surface area contributed by atoms with E-state index in [2.05, 4.69) is 25.0 Å². The molecule has 1 saturated carbocycles. The van der Waals surface area contributed by atoms with E-state index in [1.54, 1.807) is 12.1 Å². The van der Waals surface area contributed by atoms with Crippen LogP contribution in [-0.4, -0.2) is 54.3 Å². The number of rotatable bonds is 5. The number of H-pyrrole nitrogens is 2. The summed E-state index contributed by atoms with van der Waals surface area (Å²) in [6.07, 6.45) is 0.389. The fourth-order valence-corrected chi connectivity index (χ4v) is 4.07. The average Bonchev–Trinajstić information content (AvgIpc) is 3.16. The third-order valence-electron chi connectivity index (χ3n) is 4.91. The quantitative estimate of drug-likeness (QED) is 0.331. The van der Waals surface area contributed by atoms with Crippen molar-refractivity contribution in [3.05, 3.63) is 56.2 Å². The van der Waals surface area contributed by atoms with Gasteiger partial charge >= 0.3 is 11.9 Å². The number of nitrogens with one attached hydrogen (secondary N) is 3. The second-order valence-electron chi connectivity index (χ2n) is 7.64. The minimum absolute atomic E-state index is 0.108. The monoisotopic (exact) mass is 491 g/mol. The topological polar surface area (TPSA) is 141 Å². The Morgan fingerprint density at radius 2 is 2.15 bits per heavy atom. The normalized spacial score (nSPS) is 15.4. The fraction of sp³-hybridized carbons (Fsp3) is 0.250. The first-order valence-electron chi connectivity index (χ1n) is 10.1. The first-order valence-corrected chi connectivity index (χ1v) is 10.9. The number of imidazole rings is 1. The smallest absolute Gasteiger partial charge is 0.405 e. The average molecular weight is 491 g/mol. The van der Waals surface area contributed by atoms with Crippen molar-refractivity contribution in [1.29, 1.82) is 0 Å². The summed E-state index contributed by atoms with van der Waals surface area (Å²) in [5.74, 6) is -1.17. The molecular formula is C20H16F3N7O3S. The molecule has 0 unspecified atom stereocenters. The van der Waals surface area contributed by atoms with Crippen LogP contribution in [0.1, 0.15) is 28.2 Å². The van der Waals surface area contributed by atoms with Gasteiger partial charge in [0.15, 0.2) is 11.1 Å². The van der Waals surface area contributed by atoms with Gasteiger partial charge in [-0.15, -0.1) is 11.3 Å². The SMILES string of the molecule is O=C(NCC(F)(F)F)c1ccc(-c2cc(=NC3CC3)n3nc/c(=C\c4[nH]c(=O)[nH]c4O)c3n2)s1. The second kappa shape index (κ2) is 8.13. The number of fused-ring (bicyclic) bond motifs is 1.